The Balaban J connectivity index is 2.08. The number of allylic oxidation sites excluding steroid dienone is 1. The molecule has 0 aromatic heterocycles. The summed E-state index contributed by atoms with van der Waals surface area (Å²) in [5.41, 5.74) is 1.28. The van der Waals surface area contributed by atoms with Crippen molar-refractivity contribution in [1.82, 2.24) is 0 Å². The number of hydrogen-bond donors (Lipinski definition) is 0. The first kappa shape index (κ1) is 8.24. The van der Waals surface area contributed by atoms with Crippen molar-refractivity contribution in [2.45, 2.75) is 12.3 Å². The summed E-state index contributed by atoms with van der Waals surface area (Å²) >= 11 is 0. The summed E-state index contributed by atoms with van der Waals surface area (Å²) in [6.45, 7) is 3.50. The molecule has 0 bridgehead atoms. The second kappa shape index (κ2) is 3.17. The summed E-state index contributed by atoms with van der Waals surface area (Å²) in [6.07, 6.45) is 2.43. The van der Waals surface area contributed by atoms with Crippen molar-refractivity contribution in [1.29, 1.82) is 0 Å². The topological polar surface area (TPSA) is 17.1 Å². The van der Waals surface area contributed by atoms with Crippen LogP contribution in [0.2, 0.25) is 0 Å². The highest BCUT2D eigenvalue weighted by molar-refractivity contribution is 5.94. The number of carbonyl (C=O) groups is 1. The molecule has 0 aliphatic heterocycles. The molecule has 66 valence electrons. The SMILES string of the molecule is C=CC(=O)C1C[C@H]1c1ccccc1. The molecule has 2 atom stereocenters. The molecule has 1 aliphatic carbocycles. The Kier molecular flexibility index (Phi) is 2.01. The van der Waals surface area contributed by atoms with Crippen molar-refractivity contribution in [3.05, 3.63) is 48.6 Å². The van der Waals surface area contributed by atoms with Gasteiger partial charge in [-0.3, -0.25) is 4.79 Å². The van der Waals surface area contributed by atoms with Crippen molar-refractivity contribution < 1.29 is 4.79 Å². The van der Waals surface area contributed by atoms with Gasteiger partial charge in [0.25, 0.3) is 0 Å². The van der Waals surface area contributed by atoms with Crippen LogP contribution in [0.25, 0.3) is 0 Å². The van der Waals surface area contributed by atoms with Crippen LogP contribution in [-0.2, 0) is 4.79 Å². The van der Waals surface area contributed by atoms with E-state index in [0.717, 1.165) is 6.42 Å². The Morgan fingerprint density at radius 3 is 2.69 bits per heavy atom. The smallest absolute Gasteiger partial charge is 0.158 e. The second-order valence-corrected chi connectivity index (χ2v) is 3.47. The highest BCUT2D eigenvalue weighted by atomic mass is 16.1. The minimum atomic E-state index is 0.189. The van der Waals surface area contributed by atoms with Gasteiger partial charge in [-0.2, -0.15) is 0 Å². The van der Waals surface area contributed by atoms with E-state index in [9.17, 15) is 4.79 Å². The summed E-state index contributed by atoms with van der Waals surface area (Å²) < 4.78 is 0. The lowest BCUT2D eigenvalue weighted by Gasteiger charge is -1.96. The molecule has 0 N–H and O–H groups in total. The number of rotatable bonds is 3. The zero-order valence-corrected chi connectivity index (χ0v) is 7.44. The predicted octanol–water partition coefficient (Wildman–Crippen LogP) is 2.55. The molecule has 0 amide bonds. The van der Waals surface area contributed by atoms with Crippen LogP contribution in [0.3, 0.4) is 0 Å². The fraction of sp³-hybridized carbons (Fsp3) is 0.250. The van der Waals surface area contributed by atoms with Crippen LogP contribution in [0.1, 0.15) is 17.9 Å². The van der Waals surface area contributed by atoms with Crippen molar-refractivity contribution in [3.63, 3.8) is 0 Å². The van der Waals surface area contributed by atoms with E-state index in [1.807, 2.05) is 18.2 Å². The summed E-state index contributed by atoms with van der Waals surface area (Å²) in [7, 11) is 0. The second-order valence-electron chi connectivity index (χ2n) is 3.47. The first-order valence-electron chi connectivity index (χ1n) is 4.54. The molecule has 13 heavy (non-hydrogen) atoms. The van der Waals surface area contributed by atoms with Crippen LogP contribution in [0.15, 0.2) is 43.0 Å². The van der Waals surface area contributed by atoms with Gasteiger partial charge in [-0.1, -0.05) is 36.9 Å². The molecule has 1 aliphatic rings. The van der Waals surface area contributed by atoms with Crippen molar-refractivity contribution in [2.24, 2.45) is 5.92 Å². The average Bonchev–Trinajstić information content (AvgIpc) is 2.98. The third kappa shape index (κ3) is 1.55. The molecule has 0 radical (unpaired) electrons. The minimum absolute atomic E-state index is 0.189. The van der Waals surface area contributed by atoms with Gasteiger partial charge < -0.3 is 0 Å². The lowest BCUT2D eigenvalue weighted by atomic mass is 10.1. The Labute approximate surface area is 78.1 Å². The molecular formula is C12H12O. The van der Waals surface area contributed by atoms with E-state index in [1.54, 1.807) is 0 Å². The van der Waals surface area contributed by atoms with Crippen LogP contribution < -0.4 is 0 Å². The normalized spacial score (nSPS) is 25.2. The number of carbonyl (C=O) groups excluding carboxylic acids is 1. The number of hydrogen-bond acceptors (Lipinski definition) is 1. The molecule has 1 fully saturated rings. The maximum atomic E-state index is 11.2. The number of ketones is 1. The lowest BCUT2D eigenvalue weighted by molar-refractivity contribution is -0.115. The van der Waals surface area contributed by atoms with Gasteiger partial charge in [-0.05, 0) is 24.0 Å². The lowest BCUT2D eigenvalue weighted by Crippen LogP contribution is -1.96. The molecule has 1 unspecified atom stereocenters. The Bertz CT molecular complexity index is 326. The van der Waals surface area contributed by atoms with Crippen LogP contribution in [0.5, 0.6) is 0 Å². The third-order valence-electron chi connectivity index (χ3n) is 2.58. The maximum Gasteiger partial charge on any atom is 0.158 e. The van der Waals surface area contributed by atoms with Gasteiger partial charge in [0, 0.05) is 5.92 Å². The van der Waals surface area contributed by atoms with E-state index in [1.165, 1.54) is 11.6 Å². The monoisotopic (exact) mass is 172 g/mol. The molecule has 0 heterocycles. The van der Waals surface area contributed by atoms with Crippen LogP contribution in [-0.4, -0.2) is 5.78 Å². The molecule has 1 heteroatoms. The summed E-state index contributed by atoms with van der Waals surface area (Å²) in [5.74, 6) is 0.848. The minimum Gasteiger partial charge on any atom is -0.295 e. The predicted molar refractivity (Wildman–Crippen MR) is 52.5 cm³/mol. The summed E-state index contributed by atoms with van der Waals surface area (Å²) in [6, 6.07) is 10.2. The Hall–Kier alpha value is -1.37. The van der Waals surface area contributed by atoms with Crippen LogP contribution in [0.4, 0.5) is 0 Å². The summed E-state index contributed by atoms with van der Waals surface area (Å²) in [5, 5.41) is 0. The van der Waals surface area contributed by atoms with E-state index in [-0.39, 0.29) is 11.7 Å². The van der Waals surface area contributed by atoms with Gasteiger partial charge in [0.15, 0.2) is 5.78 Å². The van der Waals surface area contributed by atoms with Crippen molar-refractivity contribution in [3.8, 4) is 0 Å². The van der Waals surface area contributed by atoms with Gasteiger partial charge in [0.1, 0.15) is 0 Å². The van der Waals surface area contributed by atoms with E-state index >= 15 is 0 Å². The van der Waals surface area contributed by atoms with Gasteiger partial charge >= 0.3 is 0 Å². The highest BCUT2D eigenvalue weighted by Crippen LogP contribution is 2.47. The quantitative estimate of drug-likeness (QED) is 0.640. The third-order valence-corrected chi connectivity index (χ3v) is 2.58. The largest absolute Gasteiger partial charge is 0.295 e. The first-order valence-corrected chi connectivity index (χ1v) is 4.54. The van der Waals surface area contributed by atoms with Gasteiger partial charge in [0.05, 0.1) is 0 Å². The first-order chi connectivity index (χ1) is 6.33. The molecule has 1 aromatic rings. The van der Waals surface area contributed by atoms with E-state index in [2.05, 4.69) is 18.7 Å². The molecule has 1 nitrogen and oxygen atoms in total. The molecule has 1 saturated carbocycles. The Morgan fingerprint density at radius 2 is 2.08 bits per heavy atom. The average molecular weight is 172 g/mol. The highest BCUT2D eigenvalue weighted by Gasteiger charge is 2.42. The number of benzene rings is 1. The van der Waals surface area contributed by atoms with Gasteiger partial charge in [-0.15, -0.1) is 0 Å². The fourth-order valence-corrected chi connectivity index (χ4v) is 1.73. The molecule has 0 saturated heterocycles. The Morgan fingerprint density at radius 1 is 1.38 bits per heavy atom. The van der Waals surface area contributed by atoms with Crippen LogP contribution in [0, 0.1) is 5.92 Å². The molecular weight excluding hydrogens is 160 g/mol. The van der Waals surface area contributed by atoms with E-state index < -0.39 is 0 Å². The zero-order valence-electron chi connectivity index (χ0n) is 7.44. The standard InChI is InChI=1S/C12H12O/c1-2-12(13)11-8-10(11)9-6-4-3-5-7-9/h2-7,10-11H,1,8H2/t10-,11?/m0/s1. The molecule has 0 spiro atoms. The fourth-order valence-electron chi connectivity index (χ4n) is 1.73. The van der Waals surface area contributed by atoms with E-state index in [0.29, 0.717) is 5.92 Å². The van der Waals surface area contributed by atoms with Gasteiger partial charge in [-0.25, -0.2) is 0 Å². The van der Waals surface area contributed by atoms with Crippen molar-refractivity contribution in [2.75, 3.05) is 0 Å². The van der Waals surface area contributed by atoms with Gasteiger partial charge in [0.2, 0.25) is 0 Å². The summed E-state index contributed by atoms with van der Waals surface area (Å²) in [4.78, 5) is 11.2. The van der Waals surface area contributed by atoms with Crippen LogP contribution >= 0.6 is 0 Å². The van der Waals surface area contributed by atoms with E-state index in [4.69, 9.17) is 0 Å². The van der Waals surface area contributed by atoms with Crippen molar-refractivity contribution >= 4 is 5.78 Å². The molecule has 1 aromatic carbocycles. The molecule has 2 rings (SSSR count). The maximum absolute atomic E-state index is 11.2. The zero-order chi connectivity index (χ0) is 9.26.